The molecule has 0 aliphatic heterocycles. The molecule has 0 atom stereocenters. The molecule has 0 saturated carbocycles. The minimum atomic E-state index is -2.65. The van der Waals surface area contributed by atoms with E-state index in [4.69, 9.17) is 8.85 Å². The third kappa shape index (κ3) is 3.32. The molecule has 4 rings (SSSR count). The fraction of sp³-hybridized carbons (Fsp3) is 0.250. The van der Waals surface area contributed by atoms with Gasteiger partial charge < -0.3 is 15.4 Å². The van der Waals surface area contributed by atoms with E-state index in [0.29, 0.717) is 46.1 Å². The second-order valence-corrected chi connectivity index (χ2v) is 6.48. The van der Waals surface area contributed by atoms with Crippen LogP contribution in [0.4, 0.5) is 11.4 Å². The summed E-state index contributed by atoms with van der Waals surface area (Å²) in [6.45, 7) is -0.135. The monoisotopic (exact) mass is 409 g/mol. The summed E-state index contributed by atoms with van der Waals surface area (Å²) in [6.07, 6.45) is 4.63. The number of carbonyl (C=O) groups is 1. The lowest BCUT2D eigenvalue weighted by molar-refractivity contribution is 0.0963. The predicted octanol–water partition coefficient (Wildman–Crippen LogP) is 2.36. The van der Waals surface area contributed by atoms with Crippen LogP contribution in [0.2, 0.25) is 0 Å². The molecule has 30 heavy (non-hydrogen) atoms. The number of carbonyl (C=O) groups excluding carboxylic acids is 1. The number of amides is 1. The summed E-state index contributed by atoms with van der Waals surface area (Å²) in [5.74, 6) is 0.133. The van der Waals surface area contributed by atoms with Crippen molar-refractivity contribution in [2.75, 3.05) is 19.4 Å². The molecule has 0 aliphatic carbocycles. The Morgan fingerprint density at radius 1 is 1.30 bits per heavy atom. The number of rotatable bonds is 6. The van der Waals surface area contributed by atoms with Crippen molar-refractivity contribution in [3.05, 3.63) is 42.5 Å². The van der Waals surface area contributed by atoms with Gasteiger partial charge in [0.25, 0.3) is 5.91 Å². The van der Waals surface area contributed by atoms with Gasteiger partial charge in [-0.3, -0.25) is 14.2 Å². The van der Waals surface area contributed by atoms with Gasteiger partial charge in [0.2, 0.25) is 0 Å². The van der Waals surface area contributed by atoms with Gasteiger partial charge in [0.15, 0.2) is 17.2 Å². The highest BCUT2D eigenvalue weighted by Crippen LogP contribution is 2.38. The number of aromatic nitrogens is 6. The van der Waals surface area contributed by atoms with Crippen molar-refractivity contribution >= 4 is 28.3 Å². The minimum absolute atomic E-state index is 0.0534. The predicted molar refractivity (Wildman–Crippen MR) is 113 cm³/mol. The molecule has 10 heteroatoms. The van der Waals surface area contributed by atoms with Gasteiger partial charge >= 0.3 is 0 Å². The first-order chi connectivity index (χ1) is 15.7. The smallest absolute Gasteiger partial charge is 0.254 e. The van der Waals surface area contributed by atoms with Crippen molar-refractivity contribution < 1.29 is 13.6 Å². The molecule has 0 unspecified atom stereocenters. The summed E-state index contributed by atoms with van der Waals surface area (Å²) >= 11 is 0. The Hall–Kier alpha value is -3.95. The van der Waals surface area contributed by atoms with Crippen molar-refractivity contribution in [1.82, 2.24) is 34.8 Å². The maximum atomic E-state index is 12.8. The van der Waals surface area contributed by atoms with Crippen molar-refractivity contribution in [1.29, 1.82) is 0 Å². The largest absolute Gasteiger partial charge is 0.494 e. The van der Waals surface area contributed by atoms with Crippen LogP contribution in [0.15, 0.2) is 36.9 Å². The average Bonchev–Trinajstić information content (AvgIpc) is 3.38. The second kappa shape index (κ2) is 7.82. The molecule has 0 saturated heterocycles. The topological polar surface area (TPSA) is 112 Å². The lowest BCUT2D eigenvalue weighted by Crippen LogP contribution is -2.19. The first-order valence-corrected chi connectivity index (χ1v) is 9.19. The van der Waals surface area contributed by atoms with Crippen LogP contribution in [-0.4, -0.2) is 49.5 Å². The Labute approximate surface area is 177 Å². The molecule has 0 radical (unpaired) electrons. The van der Waals surface area contributed by atoms with Gasteiger partial charge in [-0.25, -0.2) is 9.97 Å². The number of para-hydroxylation sites is 1. The quantitative estimate of drug-likeness (QED) is 0.503. The van der Waals surface area contributed by atoms with Gasteiger partial charge in [-0.2, -0.15) is 10.2 Å². The van der Waals surface area contributed by atoms with Gasteiger partial charge in [0.05, 0.1) is 35.0 Å². The van der Waals surface area contributed by atoms with Crippen molar-refractivity contribution in [2.24, 2.45) is 7.05 Å². The number of benzene rings is 1. The lowest BCUT2D eigenvalue weighted by Gasteiger charge is -2.16. The average molecular weight is 409 g/mol. The number of nitrogens with one attached hydrogen (secondary N) is 2. The Balaban J connectivity index is 1.86. The van der Waals surface area contributed by atoms with Crippen LogP contribution in [0, 0.1) is 0 Å². The number of hydrogen-bond donors (Lipinski definition) is 2. The van der Waals surface area contributed by atoms with E-state index in [0.717, 1.165) is 0 Å². The molecule has 4 aromatic rings. The van der Waals surface area contributed by atoms with Crippen molar-refractivity contribution in [3.8, 4) is 17.1 Å². The van der Waals surface area contributed by atoms with Gasteiger partial charge in [-0.05, 0) is 19.1 Å². The number of hydrogen-bond acceptors (Lipinski definition) is 7. The minimum Gasteiger partial charge on any atom is -0.494 e. The van der Waals surface area contributed by atoms with Crippen LogP contribution in [-0.2, 0) is 13.6 Å². The van der Waals surface area contributed by atoms with E-state index in [1.54, 1.807) is 41.1 Å². The number of methoxy groups -OCH3 is 1. The number of pyridine rings is 1. The maximum absolute atomic E-state index is 12.8. The first kappa shape index (κ1) is 15.9. The Kier molecular flexibility index (Phi) is 4.15. The summed E-state index contributed by atoms with van der Waals surface area (Å²) in [4.78, 5) is 21.3. The fourth-order valence-electron chi connectivity index (χ4n) is 3.18. The maximum Gasteiger partial charge on any atom is 0.254 e. The zero-order valence-electron chi connectivity index (χ0n) is 19.7. The highest BCUT2D eigenvalue weighted by Gasteiger charge is 2.20. The third-order valence-corrected chi connectivity index (χ3v) is 4.60. The molecule has 3 aromatic heterocycles. The number of ether oxygens (including phenoxy) is 1. The van der Waals surface area contributed by atoms with Crippen LogP contribution < -0.4 is 15.4 Å². The SMILES string of the molecule is [2H]C([2H])([2H])NC(=O)c1cnc2nn(CC)cc2c1Nc1cccc(-c2ncn(C)n2)c1OC. The van der Waals surface area contributed by atoms with Crippen LogP contribution in [0.3, 0.4) is 0 Å². The molecule has 1 amide bonds. The highest BCUT2D eigenvalue weighted by molar-refractivity contribution is 6.07. The molecular weight excluding hydrogens is 384 g/mol. The van der Waals surface area contributed by atoms with Crippen LogP contribution in [0.25, 0.3) is 22.4 Å². The number of nitrogens with zero attached hydrogens (tertiary/aromatic N) is 6. The van der Waals surface area contributed by atoms with Gasteiger partial charge in [0, 0.05) is 37.1 Å². The summed E-state index contributed by atoms with van der Waals surface area (Å²) in [6, 6.07) is 5.39. The molecule has 1 aromatic carbocycles. The molecule has 0 bridgehead atoms. The Morgan fingerprint density at radius 2 is 2.17 bits per heavy atom. The van der Waals surface area contributed by atoms with Crippen LogP contribution in [0.5, 0.6) is 5.75 Å². The molecule has 154 valence electrons. The van der Waals surface area contributed by atoms with E-state index in [2.05, 4.69) is 25.5 Å². The summed E-state index contributed by atoms with van der Waals surface area (Å²) in [7, 11) is 3.28. The van der Waals surface area contributed by atoms with Crippen LogP contribution >= 0.6 is 0 Å². The summed E-state index contributed by atoms with van der Waals surface area (Å²) < 4.78 is 31.1. The normalized spacial score (nSPS) is 12.8. The van der Waals surface area contributed by atoms with E-state index in [1.165, 1.54) is 13.3 Å². The van der Waals surface area contributed by atoms with Crippen LogP contribution in [0.1, 0.15) is 21.4 Å². The number of aryl methyl sites for hydroxylation is 2. The molecule has 2 N–H and O–H groups in total. The van der Waals surface area contributed by atoms with Crippen molar-refractivity contribution in [2.45, 2.75) is 13.5 Å². The fourth-order valence-corrected chi connectivity index (χ4v) is 3.18. The van der Waals surface area contributed by atoms with E-state index >= 15 is 0 Å². The van der Waals surface area contributed by atoms with E-state index < -0.39 is 12.9 Å². The van der Waals surface area contributed by atoms with Crippen molar-refractivity contribution in [3.63, 3.8) is 0 Å². The standard InChI is InChI=1S/C20H22N8O2/c1-5-28-10-14-16(13(20(29)21-2)9-22-19(14)26-28)24-15-8-6-7-12(17(15)30-4)18-23-11-27(3)25-18/h6-11,24H,5H2,1-4H3,(H,21,29)/i2D3. The summed E-state index contributed by atoms with van der Waals surface area (Å²) in [5.41, 5.74) is 1.99. The zero-order chi connectivity index (χ0) is 23.8. The molecule has 10 nitrogen and oxygen atoms in total. The van der Waals surface area contributed by atoms with E-state index in [1.807, 2.05) is 18.3 Å². The highest BCUT2D eigenvalue weighted by atomic mass is 16.5. The first-order valence-electron chi connectivity index (χ1n) is 10.7. The number of fused-ring (bicyclic) bond motifs is 1. The molecule has 0 aliphatic rings. The van der Waals surface area contributed by atoms with Gasteiger partial charge in [-0.15, -0.1) is 0 Å². The summed E-state index contributed by atoms with van der Waals surface area (Å²) in [5, 5.41) is 14.5. The zero-order valence-corrected chi connectivity index (χ0v) is 16.7. The molecule has 0 spiro atoms. The second-order valence-electron chi connectivity index (χ2n) is 6.48. The third-order valence-electron chi connectivity index (χ3n) is 4.60. The van der Waals surface area contributed by atoms with Gasteiger partial charge in [0.1, 0.15) is 6.33 Å². The molecule has 3 heterocycles. The van der Waals surface area contributed by atoms with E-state index in [9.17, 15) is 4.79 Å². The molecule has 0 fully saturated rings. The molecular formula is C20H22N8O2. The lowest BCUT2D eigenvalue weighted by atomic mass is 10.1. The number of anilines is 2. The van der Waals surface area contributed by atoms with Gasteiger partial charge in [-0.1, -0.05) is 6.07 Å². The van der Waals surface area contributed by atoms with E-state index in [-0.39, 0.29) is 5.56 Å². The Bertz CT molecular complexity index is 1330. The Morgan fingerprint density at radius 3 is 2.87 bits per heavy atom.